The van der Waals surface area contributed by atoms with Gasteiger partial charge >= 0.3 is 0 Å². The maximum atomic E-state index is 12.0. The van der Waals surface area contributed by atoms with Crippen LogP contribution in [-0.4, -0.2) is 25.5 Å². The van der Waals surface area contributed by atoms with Crippen molar-refractivity contribution in [3.63, 3.8) is 0 Å². The first-order valence-electron chi connectivity index (χ1n) is 7.29. The predicted octanol–water partition coefficient (Wildman–Crippen LogP) is 2.72. The molecule has 1 amide bonds. The van der Waals surface area contributed by atoms with Gasteiger partial charge < -0.3 is 10.1 Å². The molecule has 24 heavy (non-hydrogen) atoms. The van der Waals surface area contributed by atoms with Gasteiger partial charge in [0.1, 0.15) is 12.3 Å². The fraction of sp³-hybridized carbons (Fsp3) is 0.188. The number of carbonyl (C=O) groups is 1. The predicted molar refractivity (Wildman–Crippen MR) is 89.9 cm³/mol. The van der Waals surface area contributed by atoms with Gasteiger partial charge in [0.15, 0.2) is 6.73 Å². The average Bonchev–Trinajstić information content (AvgIpc) is 3.14. The van der Waals surface area contributed by atoms with Crippen molar-refractivity contribution < 1.29 is 9.53 Å². The van der Waals surface area contributed by atoms with Gasteiger partial charge in [-0.3, -0.25) is 9.48 Å². The number of hydrogen-bond donors (Lipinski definition) is 1. The van der Waals surface area contributed by atoms with E-state index in [1.807, 2.05) is 25.1 Å². The van der Waals surface area contributed by atoms with E-state index < -0.39 is 0 Å². The summed E-state index contributed by atoms with van der Waals surface area (Å²) < 4.78 is 8.74. The summed E-state index contributed by atoms with van der Waals surface area (Å²) in [5, 5.41) is 11.7. The molecule has 0 aliphatic heterocycles. The molecule has 1 aromatic carbocycles. The number of rotatable bonds is 6. The second-order valence-electron chi connectivity index (χ2n) is 5.20. The van der Waals surface area contributed by atoms with Crippen molar-refractivity contribution in [3.8, 4) is 5.75 Å². The molecule has 8 heteroatoms. The van der Waals surface area contributed by atoms with E-state index in [0.29, 0.717) is 16.5 Å². The first kappa shape index (κ1) is 16.1. The summed E-state index contributed by atoms with van der Waals surface area (Å²) in [5.41, 5.74) is 1.47. The number of nitrogens with one attached hydrogen (secondary N) is 1. The molecular formula is C16H16ClN5O2. The summed E-state index contributed by atoms with van der Waals surface area (Å²) in [6, 6.07) is 8.96. The Morgan fingerprint density at radius 1 is 1.33 bits per heavy atom. The van der Waals surface area contributed by atoms with E-state index in [-0.39, 0.29) is 19.2 Å². The standard InChI is InChI=1S/C16H16ClN5O2/c1-12-5-6-21(20-12)10-16(23)19-14-8-18-22(9-14)11-24-15-4-2-3-13(17)7-15/h2-9H,10-11H2,1H3,(H,19,23). The maximum Gasteiger partial charge on any atom is 0.246 e. The van der Waals surface area contributed by atoms with E-state index in [0.717, 1.165) is 5.69 Å². The van der Waals surface area contributed by atoms with Crippen molar-refractivity contribution >= 4 is 23.2 Å². The van der Waals surface area contributed by atoms with Crippen LogP contribution in [-0.2, 0) is 18.1 Å². The van der Waals surface area contributed by atoms with E-state index >= 15 is 0 Å². The zero-order chi connectivity index (χ0) is 16.9. The highest BCUT2D eigenvalue weighted by Gasteiger charge is 2.06. The van der Waals surface area contributed by atoms with E-state index in [4.69, 9.17) is 16.3 Å². The van der Waals surface area contributed by atoms with Gasteiger partial charge in [-0.2, -0.15) is 10.2 Å². The van der Waals surface area contributed by atoms with Crippen molar-refractivity contribution in [1.29, 1.82) is 0 Å². The first-order valence-corrected chi connectivity index (χ1v) is 7.67. The van der Waals surface area contributed by atoms with Gasteiger partial charge in [-0.05, 0) is 31.2 Å². The normalized spacial score (nSPS) is 10.6. The number of nitrogens with zero attached hydrogens (tertiary/aromatic N) is 4. The Morgan fingerprint density at radius 2 is 2.21 bits per heavy atom. The molecule has 0 atom stereocenters. The van der Waals surface area contributed by atoms with Gasteiger partial charge in [-0.25, -0.2) is 4.68 Å². The second kappa shape index (κ2) is 7.18. The average molecular weight is 346 g/mol. The molecule has 0 aliphatic rings. The van der Waals surface area contributed by atoms with Crippen LogP contribution in [0.2, 0.25) is 5.02 Å². The van der Waals surface area contributed by atoms with Crippen molar-refractivity contribution in [2.24, 2.45) is 0 Å². The molecule has 0 fully saturated rings. The molecule has 3 aromatic rings. The lowest BCUT2D eigenvalue weighted by Crippen LogP contribution is -2.18. The summed E-state index contributed by atoms with van der Waals surface area (Å²) in [5.74, 6) is 0.478. The van der Waals surface area contributed by atoms with Crippen LogP contribution >= 0.6 is 11.6 Å². The number of aromatic nitrogens is 4. The monoisotopic (exact) mass is 345 g/mol. The van der Waals surface area contributed by atoms with E-state index in [2.05, 4.69) is 15.5 Å². The molecule has 2 aromatic heterocycles. The first-order chi connectivity index (χ1) is 11.6. The maximum absolute atomic E-state index is 12.0. The third kappa shape index (κ3) is 4.36. The molecular weight excluding hydrogens is 330 g/mol. The van der Waals surface area contributed by atoms with Crippen LogP contribution in [0.25, 0.3) is 0 Å². The Bertz CT molecular complexity index is 842. The Labute approximate surface area is 143 Å². The molecule has 1 N–H and O–H groups in total. The van der Waals surface area contributed by atoms with Gasteiger partial charge in [0.2, 0.25) is 5.91 Å². The number of anilines is 1. The van der Waals surface area contributed by atoms with E-state index in [1.165, 1.54) is 0 Å². The lowest BCUT2D eigenvalue weighted by molar-refractivity contribution is -0.116. The highest BCUT2D eigenvalue weighted by atomic mass is 35.5. The quantitative estimate of drug-likeness (QED) is 0.745. The number of carbonyl (C=O) groups excluding carboxylic acids is 1. The third-order valence-electron chi connectivity index (χ3n) is 3.16. The van der Waals surface area contributed by atoms with Crippen LogP contribution < -0.4 is 10.1 Å². The van der Waals surface area contributed by atoms with Gasteiger partial charge in [-0.15, -0.1) is 0 Å². The number of benzene rings is 1. The fourth-order valence-electron chi connectivity index (χ4n) is 2.10. The molecule has 0 spiro atoms. The summed E-state index contributed by atoms with van der Waals surface area (Å²) in [6.45, 7) is 2.24. The second-order valence-corrected chi connectivity index (χ2v) is 5.64. The SMILES string of the molecule is Cc1ccn(CC(=O)Nc2cnn(COc3cccc(Cl)c3)c2)n1. The number of amides is 1. The Hall–Kier alpha value is -2.80. The number of ether oxygens (including phenoxy) is 1. The smallest absolute Gasteiger partial charge is 0.246 e. The van der Waals surface area contributed by atoms with Crippen LogP contribution in [0.3, 0.4) is 0 Å². The number of halogens is 1. The van der Waals surface area contributed by atoms with Gasteiger partial charge in [0.05, 0.1) is 23.8 Å². The van der Waals surface area contributed by atoms with Crippen molar-refractivity contribution in [1.82, 2.24) is 19.6 Å². The highest BCUT2D eigenvalue weighted by molar-refractivity contribution is 6.30. The van der Waals surface area contributed by atoms with Crippen molar-refractivity contribution in [3.05, 3.63) is 59.6 Å². The molecule has 0 unspecified atom stereocenters. The van der Waals surface area contributed by atoms with E-state index in [1.54, 1.807) is 40.1 Å². The van der Waals surface area contributed by atoms with Gasteiger partial charge in [-0.1, -0.05) is 17.7 Å². The minimum Gasteiger partial charge on any atom is -0.471 e. The molecule has 0 saturated carbocycles. The third-order valence-corrected chi connectivity index (χ3v) is 3.39. The zero-order valence-corrected chi connectivity index (χ0v) is 13.8. The van der Waals surface area contributed by atoms with Crippen LogP contribution in [0.15, 0.2) is 48.9 Å². The summed E-state index contributed by atoms with van der Waals surface area (Å²) in [7, 11) is 0. The Kier molecular flexibility index (Phi) is 4.81. The summed E-state index contributed by atoms with van der Waals surface area (Å²) >= 11 is 5.90. The van der Waals surface area contributed by atoms with Crippen LogP contribution in [0.1, 0.15) is 5.69 Å². The largest absolute Gasteiger partial charge is 0.471 e. The van der Waals surface area contributed by atoms with E-state index in [9.17, 15) is 4.79 Å². The fourth-order valence-corrected chi connectivity index (χ4v) is 2.28. The molecule has 3 rings (SSSR count). The molecule has 124 valence electrons. The molecule has 2 heterocycles. The minimum atomic E-state index is -0.173. The molecule has 7 nitrogen and oxygen atoms in total. The lowest BCUT2D eigenvalue weighted by atomic mass is 10.3. The zero-order valence-electron chi connectivity index (χ0n) is 13.0. The number of aryl methyl sites for hydroxylation is 1. The Morgan fingerprint density at radius 3 is 2.96 bits per heavy atom. The Balaban J connectivity index is 1.52. The number of hydrogen-bond acceptors (Lipinski definition) is 4. The topological polar surface area (TPSA) is 74.0 Å². The lowest BCUT2D eigenvalue weighted by Gasteiger charge is -2.06. The van der Waals surface area contributed by atoms with Crippen LogP contribution in [0.4, 0.5) is 5.69 Å². The molecule has 0 bridgehead atoms. The molecule has 0 saturated heterocycles. The van der Waals surface area contributed by atoms with Crippen molar-refractivity contribution in [2.45, 2.75) is 20.2 Å². The van der Waals surface area contributed by atoms with Crippen LogP contribution in [0.5, 0.6) is 5.75 Å². The summed E-state index contributed by atoms with van der Waals surface area (Å²) in [4.78, 5) is 12.0. The highest BCUT2D eigenvalue weighted by Crippen LogP contribution is 2.17. The molecule has 0 aliphatic carbocycles. The summed E-state index contributed by atoms with van der Waals surface area (Å²) in [6.07, 6.45) is 5.02. The minimum absolute atomic E-state index is 0.151. The molecule has 0 radical (unpaired) electrons. The van der Waals surface area contributed by atoms with Gasteiger partial charge in [0, 0.05) is 11.2 Å². The van der Waals surface area contributed by atoms with Crippen LogP contribution in [0, 0.1) is 6.92 Å². The van der Waals surface area contributed by atoms with Crippen molar-refractivity contribution in [2.75, 3.05) is 5.32 Å². The van der Waals surface area contributed by atoms with Gasteiger partial charge in [0.25, 0.3) is 0 Å².